The first-order valence-corrected chi connectivity index (χ1v) is 6.92. The Hall–Kier alpha value is -2.49. The van der Waals surface area contributed by atoms with E-state index in [0.717, 1.165) is 30.0 Å². The number of nitrogens with zero attached hydrogens (tertiary/aromatic N) is 1. The van der Waals surface area contributed by atoms with Crippen molar-refractivity contribution in [2.75, 3.05) is 24.3 Å². The number of para-hydroxylation sites is 2. The van der Waals surface area contributed by atoms with Crippen LogP contribution in [-0.2, 0) is 11.3 Å². The number of esters is 1. The summed E-state index contributed by atoms with van der Waals surface area (Å²) in [7, 11) is 1.38. The van der Waals surface area contributed by atoms with Crippen molar-refractivity contribution in [3.8, 4) is 0 Å². The van der Waals surface area contributed by atoms with E-state index in [1.54, 1.807) is 12.1 Å². The lowest BCUT2D eigenvalue weighted by atomic mass is 10.1. The normalized spacial score (nSPS) is 10.2. The highest BCUT2D eigenvalue weighted by molar-refractivity contribution is 5.89. The van der Waals surface area contributed by atoms with Gasteiger partial charge in [0.1, 0.15) is 0 Å². The fraction of sp³-hybridized carbons (Fsp3) is 0.235. The van der Waals surface area contributed by atoms with Crippen molar-refractivity contribution in [2.45, 2.75) is 13.5 Å². The van der Waals surface area contributed by atoms with Crippen LogP contribution in [0.4, 0.5) is 11.4 Å². The van der Waals surface area contributed by atoms with Crippen molar-refractivity contribution in [2.24, 2.45) is 0 Å². The van der Waals surface area contributed by atoms with Gasteiger partial charge in [0.25, 0.3) is 0 Å². The molecule has 0 aliphatic rings. The number of carbonyl (C=O) groups excluding carboxylic acids is 1. The fourth-order valence-corrected chi connectivity index (χ4v) is 2.23. The summed E-state index contributed by atoms with van der Waals surface area (Å²) in [5, 5.41) is 0. The molecule has 0 amide bonds. The van der Waals surface area contributed by atoms with Crippen LogP contribution in [-0.4, -0.2) is 19.6 Å². The first-order valence-electron chi connectivity index (χ1n) is 6.92. The van der Waals surface area contributed by atoms with Crippen LogP contribution < -0.4 is 10.6 Å². The zero-order chi connectivity index (χ0) is 15.2. The van der Waals surface area contributed by atoms with E-state index in [0.29, 0.717) is 5.56 Å². The lowest BCUT2D eigenvalue weighted by Gasteiger charge is -2.24. The van der Waals surface area contributed by atoms with Gasteiger partial charge in [-0.2, -0.15) is 0 Å². The predicted molar refractivity (Wildman–Crippen MR) is 85.4 cm³/mol. The molecule has 0 atom stereocenters. The van der Waals surface area contributed by atoms with Crippen molar-refractivity contribution in [3.05, 3.63) is 59.7 Å². The van der Waals surface area contributed by atoms with Crippen LogP contribution in [0.5, 0.6) is 0 Å². The predicted octanol–water partition coefficient (Wildman–Crippen LogP) is 3.08. The number of carbonyl (C=O) groups is 1. The second kappa shape index (κ2) is 6.79. The number of benzene rings is 2. The van der Waals surface area contributed by atoms with E-state index in [9.17, 15) is 4.79 Å². The molecule has 0 heterocycles. The quantitative estimate of drug-likeness (QED) is 0.677. The molecule has 0 fully saturated rings. The maximum absolute atomic E-state index is 11.4. The minimum atomic E-state index is -0.318. The van der Waals surface area contributed by atoms with Gasteiger partial charge in [-0.1, -0.05) is 24.3 Å². The molecule has 0 saturated heterocycles. The Balaban J connectivity index is 2.16. The van der Waals surface area contributed by atoms with Gasteiger partial charge in [0.2, 0.25) is 0 Å². The van der Waals surface area contributed by atoms with E-state index in [1.807, 2.05) is 36.4 Å². The summed E-state index contributed by atoms with van der Waals surface area (Å²) in [6, 6.07) is 15.3. The molecular weight excluding hydrogens is 264 g/mol. The highest BCUT2D eigenvalue weighted by atomic mass is 16.5. The summed E-state index contributed by atoms with van der Waals surface area (Å²) in [5.41, 5.74) is 9.50. The molecular formula is C17H20N2O2. The summed E-state index contributed by atoms with van der Waals surface area (Å²) in [6.07, 6.45) is 0. The van der Waals surface area contributed by atoms with Crippen LogP contribution in [0.25, 0.3) is 0 Å². The number of methoxy groups -OCH3 is 1. The Bertz CT molecular complexity index is 608. The van der Waals surface area contributed by atoms with Gasteiger partial charge in [-0.25, -0.2) is 4.79 Å². The average molecular weight is 284 g/mol. The number of anilines is 2. The Labute approximate surface area is 125 Å². The lowest BCUT2D eigenvalue weighted by molar-refractivity contribution is 0.0600. The zero-order valence-electron chi connectivity index (χ0n) is 12.4. The fourth-order valence-electron chi connectivity index (χ4n) is 2.23. The van der Waals surface area contributed by atoms with Crippen LogP contribution in [0.15, 0.2) is 48.5 Å². The van der Waals surface area contributed by atoms with E-state index in [4.69, 9.17) is 10.5 Å². The Kier molecular flexibility index (Phi) is 4.82. The molecule has 4 nitrogen and oxygen atoms in total. The zero-order valence-corrected chi connectivity index (χ0v) is 12.4. The van der Waals surface area contributed by atoms with E-state index in [1.165, 1.54) is 7.11 Å². The third-order valence-electron chi connectivity index (χ3n) is 3.41. The van der Waals surface area contributed by atoms with Gasteiger partial charge < -0.3 is 15.4 Å². The second-order valence-corrected chi connectivity index (χ2v) is 4.76. The molecule has 0 saturated carbocycles. The molecule has 0 spiro atoms. The smallest absolute Gasteiger partial charge is 0.337 e. The molecule has 21 heavy (non-hydrogen) atoms. The summed E-state index contributed by atoms with van der Waals surface area (Å²) >= 11 is 0. The monoisotopic (exact) mass is 284 g/mol. The number of nitrogen functional groups attached to an aromatic ring is 1. The summed E-state index contributed by atoms with van der Waals surface area (Å²) in [5.74, 6) is -0.318. The minimum Gasteiger partial charge on any atom is -0.465 e. The summed E-state index contributed by atoms with van der Waals surface area (Å²) in [6.45, 7) is 3.69. The van der Waals surface area contributed by atoms with E-state index in [-0.39, 0.29) is 5.97 Å². The molecule has 0 bridgehead atoms. The van der Waals surface area contributed by atoms with Crippen LogP contribution in [0.1, 0.15) is 22.8 Å². The maximum atomic E-state index is 11.4. The van der Waals surface area contributed by atoms with Gasteiger partial charge in [-0.3, -0.25) is 0 Å². The standard InChI is InChI=1S/C17H20N2O2/c1-3-19(16-7-5-4-6-15(16)18)12-13-8-10-14(11-9-13)17(20)21-2/h4-11H,3,12,18H2,1-2H3. The molecule has 110 valence electrons. The molecule has 2 rings (SSSR count). The van der Waals surface area contributed by atoms with Gasteiger partial charge in [0.05, 0.1) is 24.0 Å². The molecule has 0 aliphatic carbocycles. The van der Waals surface area contributed by atoms with Crippen molar-refractivity contribution < 1.29 is 9.53 Å². The minimum absolute atomic E-state index is 0.318. The first-order chi connectivity index (χ1) is 10.2. The molecule has 2 aromatic rings. The van der Waals surface area contributed by atoms with E-state index in [2.05, 4.69) is 11.8 Å². The van der Waals surface area contributed by atoms with Crippen molar-refractivity contribution >= 4 is 17.3 Å². The van der Waals surface area contributed by atoms with Crippen LogP contribution in [0, 0.1) is 0 Å². The number of hydrogen-bond donors (Lipinski definition) is 1. The maximum Gasteiger partial charge on any atom is 0.337 e. The Morgan fingerprint density at radius 2 is 1.81 bits per heavy atom. The van der Waals surface area contributed by atoms with E-state index >= 15 is 0 Å². The number of hydrogen-bond acceptors (Lipinski definition) is 4. The first kappa shape index (κ1) is 14.9. The van der Waals surface area contributed by atoms with Crippen LogP contribution in [0.2, 0.25) is 0 Å². The van der Waals surface area contributed by atoms with Crippen LogP contribution >= 0.6 is 0 Å². The number of rotatable bonds is 5. The van der Waals surface area contributed by atoms with Crippen molar-refractivity contribution in [1.29, 1.82) is 0 Å². The van der Waals surface area contributed by atoms with Gasteiger partial charge in [-0.05, 0) is 36.8 Å². The van der Waals surface area contributed by atoms with Gasteiger partial charge in [0, 0.05) is 13.1 Å². The molecule has 0 aromatic heterocycles. The third kappa shape index (κ3) is 3.54. The van der Waals surface area contributed by atoms with Crippen molar-refractivity contribution in [1.82, 2.24) is 0 Å². The average Bonchev–Trinajstić information content (AvgIpc) is 2.53. The Morgan fingerprint density at radius 1 is 1.14 bits per heavy atom. The van der Waals surface area contributed by atoms with Gasteiger partial charge in [0.15, 0.2) is 0 Å². The molecule has 0 unspecified atom stereocenters. The topological polar surface area (TPSA) is 55.6 Å². The largest absolute Gasteiger partial charge is 0.465 e. The molecule has 4 heteroatoms. The van der Waals surface area contributed by atoms with Crippen molar-refractivity contribution in [3.63, 3.8) is 0 Å². The Morgan fingerprint density at radius 3 is 2.38 bits per heavy atom. The molecule has 2 N–H and O–H groups in total. The molecule has 0 aliphatic heterocycles. The molecule has 2 aromatic carbocycles. The van der Waals surface area contributed by atoms with E-state index < -0.39 is 0 Å². The lowest BCUT2D eigenvalue weighted by Crippen LogP contribution is -2.23. The highest BCUT2D eigenvalue weighted by Crippen LogP contribution is 2.24. The second-order valence-electron chi connectivity index (χ2n) is 4.76. The third-order valence-corrected chi connectivity index (χ3v) is 3.41. The molecule has 0 radical (unpaired) electrons. The number of nitrogens with two attached hydrogens (primary N) is 1. The van der Waals surface area contributed by atoms with Gasteiger partial charge >= 0.3 is 5.97 Å². The van der Waals surface area contributed by atoms with Gasteiger partial charge in [-0.15, -0.1) is 0 Å². The summed E-state index contributed by atoms with van der Waals surface area (Å²) in [4.78, 5) is 13.6. The SMILES string of the molecule is CCN(Cc1ccc(C(=O)OC)cc1)c1ccccc1N. The number of ether oxygens (including phenoxy) is 1. The highest BCUT2D eigenvalue weighted by Gasteiger charge is 2.09. The summed E-state index contributed by atoms with van der Waals surface area (Å²) < 4.78 is 4.70. The van der Waals surface area contributed by atoms with Crippen LogP contribution in [0.3, 0.4) is 0 Å².